The number of hydrogen-bond donors (Lipinski definition) is 0. The number of methoxy groups -OCH3 is 1. The number of nitrogens with zero attached hydrogens (tertiary/aromatic N) is 1. The van der Waals surface area contributed by atoms with Gasteiger partial charge in [0.1, 0.15) is 18.2 Å². The van der Waals surface area contributed by atoms with Gasteiger partial charge < -0.3 is 14.2 Å². The lowest BCUT2D eigenvalue weighted by molar-refractivity contribution is -0.123. The van der Waals surface area contributed by atoms with Gasteiger partial charge in [-0.05, 0) is 78.4 Å². The highest BCUT2D eigenvalue weighted by molar-refractivity contribution is 8.18. The molecule has 0 aliphatic carbocycles. The molecular formula is C27H22FNO6S. The molecule has 36 heavy (non-hydrogen) atoms. The van der Waals surface area contributed by atoms with Crippen molar-refractivity contribution in [3.05, 3.63) is 94.1 Å². The molecule has 0 radical (unpaired) electrons. The Balaban J connectivity index is 1.43. The molecule has 3 aromatic rings. The van der Waals surface area contributed by atoms with E-state index in [1.807, 2.05) is 31.2 Å². The molecule has 1 aliphatic rings. The number of rotatable bonds is 8. The minimum atomic E-state index is -0.741. The van der Waals surface area contributed by atoms with Crippen molar-refractivity contribution in [2.24, 2.45) is 0 Å². The Hall–Kier alpha value is -4.11. The molecule has 7 nitrogen and oxygen atoms in total. The van der Waals surface area contributed by atoms with E-state index in [4.69, 9.17) is 14.2 Å². The number of carbonyl (C=O) groups excluding carboxylic acids is 3. The summed E-state index contributed by atoms with van der Waals surface area (Å²) in [7, 11) is 1.40. The number of hydrogen-bond acceptors (Lipinski definition) is 7. The van der Waals surface area contributed by atoms with Crippen LogP contribution in [0.15, 0.2) is 71.6 Å². The number of imide groups is 1. The summed E-state index contributed by atoms with van der Waals surface area (Å²) in [4.78, 5) is 38.9. The van der Waals surface area contributed by atoms with Crippen molar-refractivity contribution in [3.8, 4) is 17.2 Å². The van der Waals surface area contributed by atoms with Crippen molar-refractivity contribution in [1.82, 2.24) is 4.90 Å². The van der Waals surface area contributed by atoms with Gasteiger partial charge in [-0.25, -0.2) is 9.18 Å². The summed E-state index contributed by atoms with van der Waals surface area (Å²) in [5.74, 6) is -0.678. The Morgan fingerprint density at radius 3 is 2.58 bits per heavy atom. The predicted octanol–water partition coefficient (Wildman–Crippen LogP) is 5.48. The molecule has 184 valence electrons. The maximum atomic E-state index is 13.4. The summed E-state index contributed by atoms with van der Waals surface area (Å²) in [6.07, 6.45) is 1.56. The van der Waals surface area contributed by atoms with Gasteiger partial charge in [-0.3, -0.25) is 14.5 Å². The molecule has 0 saturated carbocycles. The van der Waals surface area contributed by atoms with E-state index in [0.29, 0.717) is 11.3 Å². The minimum absolute atomic E-state index is 0.0567. The summed E-state index contributed by atoms with van der Waals surface area (Å²) in [5, 5.41) is -0.383. The van der Waals surface area contributed by atoms with E-state index < -0.39 is 17.7 Å². The van der Waals surface area contributed by atoms with Crippen LogP contribution in [0.3, 0.4) is 0 Å². The first kappa shape index (κ1) is 25.0. The van der Waals surface area contributed by atoms with Crippen molar-refractivity contribution in [2.75, 3.05) is 20.3 Å². The molecule has 0 atom stereocenters. The Kier molecular flexibility index (Phi) is 7.70. The number of aryl methyl sites for hydroxylation is 1. The van der Waals surface area contributed by atoms with E-state index in [1.54, 1.807) is 18.2 Å². The quantitative estimate of drug-likeness (QED) is 0.227. The molecule has 0 bridgehead atoms. The van der Waals surface area contributed by atoms with Gasteiger partial charge in [0, 0.05) is 0 Å². The maximum absolute atomic E-state index is 13.4. The highest BCUT2D eigenvalue weighted by atomic mass is 32.2. The zero-order chi connectivity index (χ0) is 25.7. The van der Waals surface area contributed by atoms with Crippen LogP contribution < -0.4 is 14.2 Å². The third kappa shape index (κ3) is 5.92. The van der Waals surface area contributed by atoms with Gasteiger partial charge in [0.15, 0.2) is 11.5 Å². The van der Waals surface area contributed by atoms with Crippen LogP contribution in [0.25, 0.3) is 6.08 Å². The number of amides is 2. The van der Waals surface area contributed by atoms with Crippen LogP contribution in [0.1, 0.15) is 21.5 Å². The standard InChI is InChI=1S/C27H22FNO6S/c1-17-5-3-8-21(13-17)34-12-11-29-25(30)24(36-27(29)32)15-18-9-10-22(23(14-18)33-2)35-26(31)19-6-4-7-20(28)16-19/h3-10,13-16H,11-12H2,1-2H3/b24-15-. The average Bonchev–Trinajstić information content (AvgIpc) is 3.12. The second-order valence-electron chi connectivity index (χ2n) is 7.81. The maximum Gasteiger partial charge on any atom is 0.343 e. The monoisotopic (exact) mass is 507 g/mol. The second kappa shape index (κ2) is 11.1. The summed E-state index contributed by atoms with van der Waals surface area (Å²) in [5.41, 5.74) is 1.67. The van der Waals surface area contributed by atoms with E-state index in [-0.39, 0.29) is 40.4 Å². The topological polar surface area (TPSA) is 82.1 Å². The third-order valence-electron chi connectivity index (χ3n) is 5.20. The van der Waals surface area contributed by atoms with Crippen molar-refractivity contribution >= 4 is 35.0 Å². The minimum Gasteiger partial charge on any atom is -0.493 e. The lowest BCUT2D eigenvalue weighted by atomic mass is 10.1. The van der Waals surface area contributed by atoms with Gasteiger partial charge in [-0.15, -0.1) is 0 Å². The Bertz CT molecular complexity index is 1360. The Morgan fingerprint density at radius 1 is 1.03 bits per heavy atom. The van der Waals surface area contributed by atoms with Crippen molar-refractivity contribution in [1.29, 1.82) is 0 Å². The predicted molar refractivity (Wildman–Crippen MR) is 134 cm³/mol. The molecule has 0 aromatic heterocycles. The van der Waals surface area contributed by atoms with E-state index >= 15 is 0 Å². The molecule has 1 fully saturated rings. The van der Waals surface area contributed by atoms with Gasteiger partial charge >= 0.3 is 5.97 Å². The molecule has 0 spiro atoms. The highest BCUT2D eigenvalue weighted by Gasteiger charge is 2.34. The van der Waals surface area contributed by atoms with E-state index in [0.717, 1.165) is 28.3 Å². The largest absolute Gasteiger partial charge is 0.493 e. The molecule has 1 heterocycles. The smallest absolute Gasteiger partial charge is 0.343 e. The number of benzene rings is 3. The molecule has 0 N–H and O–H groups in total. The van der Waals surface area contributed by atoms with Crippen molar-refractivity contribution in [3.63, 3.8) is 0 Å². The van der Waals surface area contributed by atoms with Crippen LogP contribution in [0.2, 0.25) is 0 Å². The number of esters is 1. The number of thioether (sulfide) groups is 1. The van der Waals surface area contributed by atoms with Crippen molar-refractivity contribution < 1.29 is 33.0 Å². The highest BCUT2D eigenvalue weighted by Crippen LogP contribution is 2.34. The fourth-order valence-electron chi connectivity index (χ4n) is 3.44. The fourth-order valence-corrected chi connectivity index (χ4v) is 4.30. The summed E-state index contributed by atoms with van der Waals surface area (Å²) >= 11 is 0.834. The first-order valence-corrected chi connectivity index (χ1v) is 11.8. The molecule has 4 rings (SSSR count). The van der Waals surface area contributed by atoms with E-state index in [2.05, 4.69) is 0 Å². The lowest BCUT2D eigenvalue weighted by Crippen LogP contribution is -2.32. The van der Waals surface area contributed by atoms with Crippen LogP contribution in [0.5, 0.6) is 17.2 Å². The molecule has 1 aliphatic heterocycles. The zero-order valence-corrected chi connectivity index (χ0v) is 20.3. The number of halogens is 1. The Morgan fingerprint density at radius 2 is 1.83 bits per heavy atom. The molecule has 9 heteroatoms. The first-order valence-electron chi connectivity index (χ1n) is 10.9. The normalized spacial score (nSPS) is 14.3. The molecular weight excluding hydrogens is 485 g/mol. The summed E-state index contributed by atoms with van der Waals surface area (Å²) in [6, 6.07) is 17.3. The average molecular weight is 508 g/mol. The lowest BCUT2D eigenvalue weighted by Gasteiger charge is -2.13. The molecule has 3 aromatic carbocycles. The van der Waals surface area contributed by atoms with Crippen LogP contribution >= 0.6 is 11.8 Å². The number of ether oxygens (including phenoxy) is 3. The van der Waals surface area contributed by atoms with Crippen LogP contribution in [-0.2, 0) is 4.79 Å². The van der Waals surface area contributed by atoms with Crippen molar-refractivity contribution in [2.45, 2.75) is 6.92 Å². The SMILES string of the molecule is COc1cc(/C=C2\SC(=O)N(CCOc3cccc(C)c3)C2=O)ccc1OC(=O)c1cccc(F)c1. The third-order valence-corrected chi connectivity index (χ3v) is 6.10. The summed E-state index contributed by atoms with van der Waals surface area (Å²) in [6.45, 7) is 2.24. The van der Waals surface area contributed by atoms with Gasteiger partial charge in [0.25, 0.3) is 11.1 Å². The van der Waals surface area contributed by atoms with Gasteiger partial charge in [0.05, 0.1) is 24.1 Å². The van der Waals surface area contributed by atoms with Gasteiger partial charge in [0.2, 0.25) is 0 Å². The first-order chi connectivity index (χ1) is 17.3. The van der Waals surface area contributed by atoms with Gasteiger partial charge in [-0.2, -0.15) is 0 Å². The molecule has 2 amide bonds. The van der Waals surface area contributed by atoms with Gasteiger partial charge in [-0.1, -0.05) is 24.3 Å². The summed E-state index contributed by atoms with van der Waals surface area (Å²) < 4.78 is 29.7. The second-order valence-corrected chi connectivity index (χ2v) is 8.80. The van der Waals surface area contributed by atoms with E-state index in [9.17, 15) is 18.8 Å². The van der Waals surface area contributed by atoms with Crippen LogP contribution in [0.4, 0.5) is 9.18 Å². The van der Waals surface area contributed by atoms with E-state index in [1.165, 1.54) is 31.4 Å². The number of carbonyl (C=O) groups is 3. The zero-order valence-electron chi connectivity index (χ0n) is 19.5. The fraction of sp³-hybridized carbons (Fsp3) is 0.148. The molecule has 1 saturated heterocycles. The van der Waals surface area contributed by atoms with Crippen LogP contribution in [0, 0.1) is 12.7 Å². The molecule has 0 unspecified atom stereocenters. The van der Waals surface area contributed by atoms with Crippen LogP contribution in [-0.4, -0.2) is 42.3 Å². The Labute approximate surface area is 211 Å².